The van der Waals surface area contributed by atoms with Gasteiger partial charge in [-0.05, 0) is 37.1 Å². The zero-order valence-corrected chi connectivity index (χ0v) is 17.9. The van der Waals surface area contributed by atoms with Gasteiger partial charge in [0.05, 0.1) is 16.5 Å². The minimum absolute atomic E-state index is 0.0376. The summed E-state index contributed by atoms with van der Waals surface area (Å²) in [5.74, 6) is 0.780. The number of rotatable bonds is 5. The van der Waals surface area contributed by atoms with Crippen LogP contribution in [0.4, 0.5) is 5.69 Å². The first kappa shape index (κ1) is 21.1. The molecule has 1 aromatic heterocycles. The number of carbonyl (C=O) groups excluding carboxylic acids is 2. The highest BCUT2D eigenvalue weighted by Gasteiger charge is 2.30. The maximum atomic E-state index is 12.9. The fourth-order valence-electron chi connectivity index (χ4n) is 3.67. The number of nitrogens with one attached hydrogen (secondary N) is 1. The Kier molecular flexibility index (Phi) is 6.32. The summed E-state index contributed by atoms with van der Waals surface area (Å²) in [7, 11) is 0. The smallest absolute Gasteiger partial charge is 0.255 e. The van der Waals surface area contributed by atoms with E-state index in [1.165, 1.54) is 0 Å². The lowest BCUT2D eigenvalue weighted by molar-refractivity contribution is -0.115. The molecule has 1 aliphatic rings. The quantitative estimate of drug-likeness (QED) is 0.620. The lowest BCUT2D eigenvalue weighted by Gasteiger charge is -2.31. The molecule has 0 bridgehead atoms. The van der Waals surface area contributed by atoms with E-state index < -0.39 is 0 Å². The van der Waals surface area contributed by atoms with Gasteiger partial charge in [0, 0.05) is 30.8 Å². The van der Waals surface area contributed by atoms with Crippen LogP contribution >= 0.6 is 11.6 Å². The molecule has 7 nitrogen and oxygen atoms in total. The second-order valence-corrected chi connectivity index (χ2v) is 7.92. The molecule has 1 N–H and O–H groups in total. The van der Waals surface area contributed by atoms with Crippen LogP contribution in [0.5, 0.6) is 0 Å². The Balaban J connectivity index is 1.49. The average molecular weight is 439 g/mol. The molecule has 0 radical (unpaired) electrons. The number of nitrogens with zero attached hydrogens (tertiary/aromatic N) is 3. The molecule has 31 heavy (non-hydrogen) atoms. The topological polar surface area (TPSA) is 88.3 Å². The Bertz CT molecular complexity index is 1100. The van der Waals surface area contributed by atoms with E-state index in [-0.39, 0.29) is 17.7 Å². The van der Waals surface area contributed by atoms with Crippen molar-refractivity contribution >= 4 is 29.1 Å². The third-order valence-corrected chi connectivity index (χ3v) is 5.66. The first-order valence-electron chi connectivity index (χ1n) is 10.3. The van der Waals surface area contributed by atoms with Crippen LogP contribution in [0.1, 0.15) is 48.4 Å². The van der Waals surface area contributed by atoms with Gasteiger partial charge in [0.15, 0.2) is 0 Å². The maximum Gasteiger partial charge on any atom is 0.255 e. The number of hydrogen-bond donors (Lipinski definition) is 1. The van der Waals surface area contributed by atoms with Crippen LogP contribution < -0.4 is 5.32 Å². The largest absolute Gasteiger partial charge is 0.339 e. The third kappa shape index (κ3) is 4.77. The highest BCUT2D eigenvalue weighted by molar-refractivity contribution is 6.33. The average Bonchev–Trinajstić information content (AvgIpc) is 3.30. The standard InChI is InChI=1S/C23H23ClN4O3/c1-2-20(29)25-17-9-5-7-15(13-17)21-26-22(31-27-21)16-8-6-12-28(14-16)23(30)18-10-3-4-11-19(18)24/h3-5,7,9-11,13,16H,2,6,8,12,14H2,1H3,(H,25,29). The van der Waals surface area contributed by atoms with Crippen molar-refractivity contribution in [1.29, 1.82) is 0 Å². The van der Waals surface area contributed by atoms with Crippen LogP contribution in [-0.2, 0) is 4.79 Å². The van der Waals surface area contributed by atoms with Gasteiger partial charge in [0.1, 0.15) is 0 Å². The van der Waals surface area contributed by atoms with Gasteiger partial charge in [-0.2, -0.15) is 4.98 Å². The number of likely N-dealkylation sites (tertiary alicyclic amines) is 1. The molecule has 1 aliphatic heterocycles. The zero-order valence-electron chi connectivity index (χ0n) is 17.2. The van der Waals surface area contributed by atoms with Crippen LogP contribution in [0, 0.1) is 0 Å². The lowest BCUT2D eigenvalue weighted by Crippen LogP contribution is -2.39. The summed E-state index contributed by atoms with van der Waals surface area (Å²) in [5.41, 5.74) is 1.94. The van der Waals surface area contributed by atoms with E-state index in [1.54, 1.807) is 30.0 Å². The minimum atomic E-state index is -0.0885. The maximum absolute atomic E-state index is 12.9. The number of piperidine rings is 1. The van der Waals surface area contributed by atoms with E-state index in [0.717, 1.165) is 18.4 Å². The molecule has 2 heterocycles. The highest BCUT2D eigenvalue weighted by Crippen LogP contribution is 2.29. The lowest BCUT2D eigenvalue weighted by atomic mass is 9.97. The van der Waals surface area contributed by atoms with Gasteiger partial charge in [-0.1, -0.05) is 47.9 Å². The molecule has 3 aromatic rings. The van der Waals surface area contributed by atoms with E-state index in [2.05, 4.69) is 15.5 Å². The molecule has 0 saturated carbocycles. The minimum Gasteiger partial charge on any atom is -0.339 e. The second kappa shape index (κ2) is 9.31. The van der Waals surface area contributed by atoms with Gasteiger partial charge in [0.25, 0.3) is 5.91 Å². The molecule has 0 spiro atoms. The van der Waals surface area contributed by atoms with E-state index in [4.69, 9.17) is 16.1 Å². The van der Waals surface area contributed by atoms with Crippen molar-refractivity contribution in [3.63, 3.8) is 0 Å². The van der Waals surface area contributed by atoms with Gasteiger partial charge in [-0.15, -0.1) is 0 Å². The Morgan fingerprint density at radius 2 is 2.06 bits per heavy atom. The molecule has 1 fully saturated rings. The van der Waals surface area contributed by atoms with Gasteiger partial charge < -0.3 is 14.7 Å². The fraction of sp³-hybridized carbons (Fsp3) is 0.304. The van der Waals surface area contributed by atoms with Gasteiger partial charge in [0.2, 0.25) is 17.6 Å². The van der Waals surface area contributed by atoms with Crippen LogP contribution in [-0.4, -0.2) is 39.9 Å². The van der Waals surface area contributed by atoms with E-state index in [1.807, 2.05) is 30.3 Å². The normalized spacial score (nSPS) is 16.2. The van der Waals surface area contributed by atoms with Crippen molar-refractivity contribution in [2.75, 3.05) is 18.4 Å². The van der Waals surface area contributed by atoms with E-state index >= 15 is 0 Å². The predicted molar refractivity (Wildman–Crippen MR) is 118 cm³/mol. The Labute approximate surface area is 185 Å². The SMILES string of the molecule is CCC(=O)Nc1cccc(-c2noc(C3CCCN(C(=O)c4ccccc4Cl)C3)n2)c1. The van der Waals surface area contributed by atoms with Gasteiger partial charge >= 0.3 is 0 Å². The molecule has 1 saturated heterocycles. The number of hydrogen-bond acceptors (Lipinski definition) is 5. The Morgan fingerprint density at radius 3 is 2.87 bits per heavy atom. The molecule has 2 amide bonds. The van der Waals surface area contributed by atoms with E-state index in [0.29, 0.717) is 47.5 Å². The first-order chi connectivity index (χ1) is 15.0. The van der Waals surface area contributed by atoms with Crippen LogP contribution in [0.2, 0.25) is 5.02 Å². The molecule has 4 rings (SSSR count). The third-order valence-electron chi connectivity index (χ3n) is 5.33. The van der Waals surface area contributed by atoms with E-state index in [9.17, 15) is 9.59 Å². The summed E-state index contributed by atoms with van der Waals surface area (Å²) in [4.78, 5) is 30.9. The number of amides is 2. The molecule has 1 unspecified atom stereocenters. The Morgan fingerprint density at radius 1 is 1.23 bits per heavy atom. The summed E-state index contributed by atoms with van der Waals surface area (Å²) < 4.78 is 5.55. The van der Waals surface area contributed by atoms with Crippen molar-refractivity contribution in [1.82, 2.24) is 15.0 Å². The Hall–Kier alpha value is -3.19. The number of benzene rings is 2. The highest BCUT2D eigenvalue weighted by atomic mass is 35.5. The summed E-state index contributed by atoms with van der Waals surface area (Å²) in [6.07, 6.45) is 2.11. The first-order valence-corrected chi connectivity index (χ1v) is 10.7. The summed E-state index contributed by atoms with van der Waals surface area (Å²) in [6.45, 7) is 2.97. The van der Waals surface area contributed by atoms with Crippen molar-refractivity contribution in [2.24, 2.45) is 0 Å². The molecular weight excluding hydrogens is 416 g/mol. The number of aromatic nitrogens is 2. The second-order valence-electron chi connectivity index (χ2n) is 7.51. The number of anilines is 1. The van der Waals surface area contributed by atoms with Gasteiger partial charge in [-0.3, -0.25) is 9.59 Å². The van der Waals surface area contributed by atoms with Crippen molar-refractivity contribution in [3.8, 4) is 11.4 Å². The van der Waals surface area contributed by atoms with Crippen LogP contribution in [0.15, 0.2) is 53.1 Å². The summed E-state index contributed by atoms with van der Waals surface area (Å²) in [6, 6.07) is 14.4. The number of carbonyl (C=O) groups is 2. The monoisotopic (exact) mass is 438 g/mol. The number of halogens is 1. The summed E-state index contributed by atoms with van der Waals surface area (Å²) >= 11 is 6.20. The fourth-order valence-corrected chi connectivity index (χ4v) is 3.89. The molecule has 2 aromatic carbocycles. The van der Waals surface area contributed by atoms with Gasteiger partial charge in [-0.25, -0.2) is 0 Å². The molecular formula is C23H23ClN4O3. The van der Waals surface area contributed by atoms with Crippen LogP contribution in [0.3, 0.4) is 0 Å². The zero-order chi connectivity index (χ0) is 21.8. The van der Waals surface area contributed by atoms with Crippen molar-refractivity contribution < 1.29 is 14.1 Å². The molecule has 160 valence electrons. The summed E-state index contributed by atoms with van der Waals surface area (Å²) in [5, 5.41) is 7.40. The van der Waals surface area contributed by atoms with Crippen molar-refractivity contribution in [2.45, 2.75) is 32.1 Å². The van der Waals surface area contributed by atoms with Crippen molar-refractivity contribution in [3.05, 3.63) is 65.0 Å². The molecule has 0 aliphatic carbocycles. The van der Waals surface area contributed by atoms with Crippen LogP contribution in [0.25, 0.3) is 11.4 Å². The molecule has 1 atom stereocenters. The molecule has 8 heteroatoms. The predicted octanol–water partition coefficient (Wildman–Crippen LogP) is 4.76.